The lowest BCUT2D eigenvalue weighted by Crippen LogP contribution is -2.34. The first-order valence-corrected chi connectivity index (χ1v) is 19.0. The average molecular weight is 615 g/mol. The number of ether oxygens (including phenoxy) is 1. The van der Waals surface area contributed by atoms with Crippen LogP contribution < -0.4 is 5.73 Å². The SMILES string of the molecule is CCCCCC=CCC=CCCCCCCCCN(CCCCCCCCC=CCC=CCCCCC)C(=O)OCCCN. The summed E-state index contributed by atoms with van der Waals surface area (Å²) in [6.45, 7) is 7.13. The van der Waals surface area contributed by atoms with Crippen molar-refractivity contribution in [2.45, 2.75) is 174 Å². The maximum atomic E-state index is 12.6. The van der Waals surface area contributed by atoms with E-state index in [4.69, 9.17) is 10.5 Å². The molecule has 0 saturated heterocycles. The van der Waals surface area contributed by atoms with Crippen LogP contribution >= 0.6 is 0 Å². The van der Waals surface area contributed by atoms with Gasteiger partial charge in [0.25, 0.3) is 0 Å². The molecule has 0 heterocycles. The molecule has 0 aromatic carbocycles. The largest absolute Gasteiger partial charge is 0.449 e. The van der Waals surface area contributed by atoms with Gasteiger partial charge in [-0.2, -0.15) is 0 Å². The molecule has 0 aromatic heterocycles. The maximum absolute atomic E-state index is 12.6. The molecule has 0 aliphatic heterocycles. The molecule has 0 unspecified atom stereocenters. The first-order valence-electron chi connectivity index (χ1n) is 19.0. The van der Waals surface area contributed by atoms with Gasteiger partial charge in [0.15, 0.2) is 0 Å². The van der Waals surface area contributed by atoms with Crippen molar-refractivity contribution in [2.75, 3.05) is 26.2 Å². The minimum atomic E-state index is -0.149. The molecule has 0 atom stereocenters. The summed E-state index contributed by atoms with van der Waals surface area (Å²) >= 11 is 0. The molecule has 0 aliphatic carbocycles. The summed E-state index contributed by atoms with van der Waals surface area (Å²) in [5.41, 5.74) is 5.58. The second-order valence-corrected chi connectivity index (χ2v) is 12.4. The van der Waals surface area contributed by atoms with E-state index in [9.17, 15) is 4.79 Å². The molecule has 4 heteroatoms. The Bertz CT molecular complexity index is 649. The number of hydrogen-bond acceptors (Lipinski definition) is 3. The van der Waals surface area contributed by atoms with E-state index in [2.05, 4.69) is 62.5 Å². The summed E-state index contributed by atoms with van der Waals surface area (Å²) < 4.78 is 5.49. The van der Waals surface area contributed by atoms with Gasteiger partial charge in [0.05, 0.1) is 6.61 Å². The second kappa shape index (κ2) is 37.4. The van der Waals surface area contributed by atoms with Crippen molar-refractivity contribution in [2.24, 2.45) is 5.73 Å². The van der Waals surface area contributed by atoms with Crippen molar-refractivity contribution >= 4 is 6.09 Å². The highest BCUT2D eigenvalue weighted by atomic mass is 16.6. The Morgan fingerprint density at radius 3 is 1.25 bits per heavy atom. The highest BCUT2D eigenvalue weighted by Crippen LogP contribution is 2.12. The van der Waals surface area contributed by atoms with Gasteiger partial charge >= 0.3 is 6.09 Å². The fourth-order valence-corrected chi connectivity index (χ4v) is 5.21. The number of carbonyl (C=O) groups is 1. The monoisotopic (exact) mass is 615 g/mol. The predicted octanol–water partition coefficient (Wildman–Crippen LogP) is 12.4. The van der Waals surface area contributed by atoms with Crippen LogP contribution in [0.15, 0.2) is 48.6 Å². The van der Waals surface area contributed by atoms with Crippen molar-refractivity contribution in [3.05, 3.63) is 48.6 Å². The van der Waals surface area contributed by atoms with Crippen LogP contribution in [-0.2, 0) is 4.74 Å². The summed E-state index contributed by atoms with van der Waals surface area (Å²) in [6, 6.07) is 0. The summed E-state index contributed by atoms with van der Waals surface area (Å²) in [5.74, 6) is 0. The van der Waals surface area contributed by atoms with Crippen LogP contribution in [-0.4, -0.2) is 37.2 Å². The van der Waals surface area contributed by atoms with Crippen LogP contribution in [0.2, 0.25) is 0 Å². The summed E-state index contributed by atoms with van der Waals surface area (Å²) in [7, 11) is 0. The lowest BCUT2D eigenvalue weighted by Gasteiger charge is -2.22. The molecule has 0 aromatic rings. The van der Waals surface area contributed by atoms with Gasteiger partial charge in [0.2, 0.25) is 0 Å². The maximum Gasteiger partial charge on any atom is 0.409 e. The number of allylic oxidation sites excluding steroid dienone is 8. The van der Waals surface area contributed by atoms with Gasteiger partial charge in [-0.3, -0.25) is 0 Å². The Kier molecular flexibility index (Phi) is 35.8. The van der Waals surface area contributed by atoms with E-state index >= 15 is 0 Å². The third-order valence-electron chi connectivity index (χ3n) is 8.09. The highest BCUT2D eigenvalue weighted by Gasteiger charge is 2.14. The zero-order valence-corrected chi connectivity index (χ0v) is 29.5. The van der Waals surface area contributed by atoms with E-state index < -0.39 is 0 Å². The van der Waals surface area contributed by atoms with Crippen LogP contribution in [0.1, 0.15) is 174 Å². The quantitative estimate of drug-likeness (QED) is 0.0591. The van der Waals surface area contributed by atoms with Crippen molar-refractivity contribution in [1.29, 1.82) is 0 Å². The van der Waals surface area contributed by atoms with E-state index in [1.54, 1.807) is 0 Å². The molecule has 0 saturated carbocycles. The number of unbranched alkanes of at least 4 members (excludes halogenated alkanes) is 18. The van der Waals surface area contributed by atoms with Crippen molar-refractivity contribution in [1.82, 2.24) is 4.90 Å². The average Bonchev–Trinajstić information content (AvgIpc) is 3.03. The Morgan fingerprint density at radius 2 is 0.864 bits per heavy atom. The predicted molar refractivity (Wildman–Crippen MR) is 195 cm³/mol. The van der Waals surface area contributed by atoms with Gasteiger partial charge in [0, 0.05) is 13.1 Å². The zero-order valence-electron chi connectivity index (χ0n) is 29.5. The molecule has 0 bridgehead atoms. The molecule has 0 radical (unpaired) electrons. The van der Waals surface area contributed by atoms with Crippen LogP contribution in [0.5, 0.6) is 0 Å². The molecule has 4 nitrogen and oxygen atoms in total. The van der Waals surface area contributed by atoms with Gasteiger partial charge < -0.3 is 15.4 Å². The molecular formula is C40H74N2O2. The van der Waals surface area contributed by atoms with E-state index in [-0.39, 0.29) is 6.09 Å². The third-order valence-corrected chi connectivity index (χ3v) is 8.09. The molecule has 0 spiro atoms. The Hall–Kier alpha value is -1.81. The first kappa shape index (κ1) is 42.2. The van der Waals surface area contributed by atoms with Crippen molar-refractivity contribution < 1.29 is 9.53 Å². The van der Waals surface area contributed by atoms with Gasteiger partial charge in [-0.15, -0.1) is 0 Å². The molecular weight excluding hydrogens is 540 g/mol. The van der Waals surface area contributed by atoms with E-state index in [0.29, 0.717) is 13.2 Å². The lowest BCUT2D eigenvalue weighted by molar-refractivity contribution is 0.100. The summed E-state index contributed by atoms with van der Waals surface area (Å²) in [4.78, 5) is 14.6. The number of carbonyl (C=O) groups excluding carboxylic acids is 1. The first-order chi connectivity index (χ1) is 21.8. The second-order valence-electron chi connectivity index (χ2n) is 12.4. The minimum Gasteiger partial charge on any atom is -0.449 e. The van der Waals surface area contributed by atoms with Gasteiger partial charge in [-0.1, -0.05) is 140 Å². The molecule has 1 amide bonds. The van der Waals surface area contributed by atoms with Crippen molar-refractivity contribution in [3.63, 3.8) is 0 Å². The Labute approximate surface area is 275 Å². The Morgan fingerprint density at radius 1 is 0.500 bits per heavy atom. The number of nitrogens with two attached hydrogens (primary N) is 1. The molecule has 44 heavy (non-hydrogen) atoms. The van der Waals surface area contributed by atoms with Crippen LogP contribution in [0.4, 0.5) is 4.79 Å². The zero-order chi connectivity index (χ0) is 32.0. The molecule has 0 fully saturated rings. The van der Waals surface area contributed by atoms with Crippen molar-refractivity contribution in [3.8, 4) is 0 Å². The Balaban J connectivity index is 3.90. The topological polar surface area (TPSA) is 55.6 Å². The fraction of sp³-hybridized carbons (Fsp3) is 0.775. The van der Waals surface area contributed by atoms with Crippen LogP contribution in [0.3, 0.4) is 0 Å². The molecule has 0 rings (SSSR count). The molecule has 2 N–H and O–H groups in total. The van der Waals surface area contributed by atoms with E-state index in [0.717, 1.165) is 45.2 Å². The standard InChI is InChI=1S/C40H74N2O2/c1-3-5-7-9-11-13-15-17-19-21-23-25-27-29-31-33-37-42(40(43)44-39-35-36-41)38-34-32-30-28-26-24-22-20-18-16-14-12-10-8-6-4-2/h11-14,17-20H,3-10,15-16,21-39,41H2,1-2H3. The highest BCUT2D eigenvalue weighted by molar-refractivity contribution is 5.67. The smallest absolute Gasteiger partial charge is 0.409 e. The van der Waals surface area contributed by atoms with E-state index in [1.165, 1.54) is 128 Å². The van der Waals surface area contributed by atoms with Gasteiger partial charge in [0.1, 0.15) is 0 Å². The van der Waals surface area contributed by atoms with Crippen LogP contribution in [0, 0.1) is 0 Å². The third kappa shape index (κ3) is 33.1. The lowest BCUT2D eigenvalue weighted by atomic mass is 10.1. The summed E-state index contributed by atoms with van der Waals surface area (Å²) in [5, 5.41) is 0. The molecule has 0 aliphatic rings. The fourth-order valence-electron chi connectivity index (χ4n) is 5.21. The summed E-state index contributed by atoms with van der Waals surface area (Å²) in [6.07, 6.45) is 48.9. The molecule has 256 valence electrons. The number of amides is 1. The normalized spacial score (nSPS) is 12.1. The van der Waals surface area contributed by atoms with Gasteiger partial charge in [-0.05, 0) is 90.0 Å². The van der Waals surface area contributed by atoms with E-state index in [1.807, 2.05) is 4.90 Å². The minimum absolute atomic E-state index is 0.149. The van der Waals surface area contributed by atoms with Crippen LogP contribution in [0.25, 0.3) is 0 Å². The number of rotatable bonds is 33. The number of nitrogens with zero attached hydrogens (tertiary/aromatic N) is 1. The van der Waals surface area contributed by atoms with Gasteiger partial charge in [-0.25, -0.2) is 4.79 Å². The number of hydrogen-bond donors (Lipinski definition) is 1.